The maximum absolute atomic E-state index is 12.1. The quantitative estimate of drug-likeness (QED) is 0.720. The Hall–Kier alpha value is -2.18. The smallest absolute Gasteiger partial charge is 0.337 e. The molecule has 1 unspecified atom stereocenters. The largest absolute Gasteiger partial charge is 0.465 e. The van der Waals surface area contributed by atoms with Crippen LogP contribution in [-0.2, 0) is 4.74 Å². The van der Waals surface area contributed by atoms with Crippen LogP contribution in [0.2, 0.25) is 0 Å². The summed E-state index contributed by atoms with van der Waals surface area (Å²) in [7, 11) is 1.32. The van der Waals surface area contributed by atoms with E-state index in [9.17, 15) is 14.7 Å². The number of carbonyl (C=O) groups excluding carboxylic acids is 2. The molecule has 0 saturated carbocycles. The van der Waals surface area contributed by atoms with E-state index in [-0.39, 0.29) is 18.4 Å². The second-order valence-corrected chi connectivity index (χ2v) is 6.16. The van der Waals surface area contributed by atoms with Crippen molar-refractivity contribution in [3.63, 3.8) is 0 Å². The molecule has 128 valence electrons. The molecule has 6 heteroatoms. The minimum atomic E-state index is -0.426. The average Bonchev–Trinajstić information content (AvgIpc) is 3.14. The molecule has 2 N–H and O–H groups in total. The van der Waals surface area contributed by atoms with Gasteiger partial charge < -0.3 is 15.2 Å². The Bertz CT molecular complexity index is 652. The number of methoxy groups -OCH3 is 1. The van der Waals surface area contributed by atoms with Gasteiger partial charge in [0.2, 0.25) is 0 Å². The highest BCUT2D eigenvalue weighted by atomic mass is 32.1. The first kappa shape index (κ1) is 18.2. The van der Waals surface area contributed by atoms with Crippen LogP contribution in [0.3, 0.4) is 0 Å². The van der Waals surface area contributed by atoms with Crippen molar-refractivity contribution in [2.75, 3.05) is 20.3 Å². The molecule has 1 amide bonds. The summed E-state index contributed by atoms with van der Waals surface area (Å²) in [6.45, 7) is 0.654. The molecular formula is C18H21NO4S. The van der Waals surface area contributed by atoms with Crippen LogP contribution >= 0.6 is 11.3 Å². The Morgan fingerprint density at radius 3 is 2.46 bits per heavy atom. The molecule has 0 aliphatic carbocycles. The summed E-state index contributed by atoms with van der Waals surface area (Å²) in [5.74, 6) is -0.368. The predicted octanol–water partition coefficient (Wildman–Crippen LogP) is 2.82. The van der Waals surface area contributed by atoms with Gasteiger partial charge in [-0.25, -0.2) is 4.79 Å². The van der Waals surface area contributed by atoms with Crippen molar-refractivity contribution in [1.82, 2.24) is 5.32 Å². The second kappa shape index (κ2) is 9.20. The summed E-state index contributed by atoms with van der Waals surface area (Å²) in [5.41, 5.74) is 2.11. The Morgan fingerprint density at radius 2 is 1.88 bits per heavy atom. The van der Waals surface area contributed by atoms with E-state index in [1.165, 1.54) is 12.7 Å². The van der Waals surface area contributed by atoms with E-state index in [0.29, 0.717) is 24.1 Å². The molecule has 1 aromatic heterocycles. The second-order valence-electron chi connectivity index (χ2n) is 5.38. The van der Waals surface area contributed by atoms with E-state index >= 15 is 0 Å². The van der Waals surface area contributed by atoms with Crippen LogP contribution in [0.15, 0.2) is 41.1 Å². The predicted molar refractivity (Wildman–Crippen MR) is 93.5 cm³/mol. The lowest BCUT2D eigenvalue weighted by atomic mass is 9.95. The van der Waals surface area contributed by atoms with Crippen molar-refractivity contribution < 1.29 is 19.4 Å². The highest BCUT2D eigenvalue weighted by Gasteiger charge is 2.13. The van der Waals surface area contributed by atoms with Crippen LogP contribution in [-0.4, -0.2) is 37.2 Å². The Balaban J connectivity index is 1.87. The van der Waals surface area contributed by atoms with Gasteiger partial charge in [-0.3, -0.25) is 4.79 Å². The van der Waals surface area contributed by atoms with Crippen LogP contribution in [0.4, 0.5) is 0 Å². The summed E-state index contributed by atoms with van der Waals surface area (Å²) >= 11 is 1.63. The standard InChI is InChI=1S/C18H21NO4S/c1-23-18(22)15-4-2-14(3-5-15)17(21)19-9-6-13(7-10-20)16-8-11-24-12-16/h2-5,8,11-13,20H,6-7,9-10H2,1H3,(H,19,21). The zero-order chi connectivity index (χ0) is 17.4. The van der Waals surface area contributed by atoms with Crippen LogP contribution < -0.4 is 5.32 Å². The molecule has 1 heterocycles. The molecule has 0 saturated heterocycles. The van der Waals surface area contributed by atoms with Crippen molar-refractivity contribution in [3.8, 4) is 0 Å². The molecule has 0 spiro atoms. The van der Waals surface area contributed by atoms with Crippen molar-refractivity contribution in [1.29, 1.82) is 0 Å². The van der Waals surface area contributed by atoms with Crippen LogP contribution in [0.1, 0.15) is 45.0 Å². The van der Waals surface area contributed by atoms with Crippen LogP contribution in [0.5, 0.6) is 0 Å². The zero-order valence-electron chi connectivity index (χ0n) is 13.5. The van der Waals surface area contributed by atoms with Gasteiger partial charge in [0.25, 0.3) is 5.91 Å². The third-order valence-electron chi connectivity index (χ3n) is 3.84. The lowest BCUT2D eigenvalue weighted by molar-refractivity contribution is 0.0600. The first-order chi connectivity index (χ1) is 11.7. The van der Waals surface area contributed by atoms with Crippen molar-refractivity contribution in [2.45, 2.75) is 18.8 Å². The van der Waals surface area contributed by atoms with Gasteiger partial charge >= 0.3 is 5.97 Å². The lowest BCUT2D eigenvalue weighted by Crippen LogP contribution is -2.25. The van der Waals surface area contributed by atoms with E-state index in [0.717, 1.165) is 6.42 Å². The number of carbonyl (C=O) groups is 2. The molecule has 2 aromatic rings. The lowest BCUT2D eigenvalue weighted by Gasteiger charge is -2.15. The van der Waals surface area contributed by atoms with Crippen molar-refractivity contribution in [3.05, 3.63) is 57.8 Å². The number of amides is 1. The number of rotatable bonds is 8. The summed E-state index contributed by atoms with van der Waals surface area (Å²) in [6.07, 6.45) is 1.45. The number of benzene rings is 1. The van der Waals surface area contributed by atoms with E-state index in [1.54, 1.807) is 35.6 Å². The average molecular weight is 347 g/mol. The van der Waals surface area contributed by atoms with E-state index in [4.69, 9.17) is 0 Å². The molecular weight excluding hydrogens is 326 g/mol. The van der Waals surface area contributed by atoms with Crippen LogP contribution in [0.25, 0.3) is 0 Å². The summed E-state index contributed by atoms with van der Waals surface area (Å²) in [6, 6.07) is 8.40. The summed E-state index contributed by atoms with van der Waals surface area (Å²) in [4.78, 5) is 23.5. The number of thiophene rings is 1. The molecule has 24 heavy (non-hydrogen) atoms. The zero-order valence-corrected chi connectivity index (χ0v) is 14.3. The van der Waals surface area contributed by atoms with E-state index in [2.05, 4.69) is 21.5 Å². The molecule has 5 nitrogen and oxygen atoms in total. The van der Waals surface area contributed by atoms with Gasteiger partial charge in [-0.1, -0.05) is 0 Å². The fourth-order valence-electron chi connectivity index (χ4n) is 2.48. The highest BCUT2D eigenvalue weighted by Crippen LogP contribution is 2.24. The number of hydrogen-bond acceptors (Lipinski definition) is 5. The van der Waals surface area contributed by atoms with Crippen molar-refractivity contribution in [2.24, 2.45) is 0 Å². The number of esters is 1. The minimum Gasteiger partial charge on any atom is -0.465 e. The molecule has 1 atom stereocenters. The fourth-order valence-corrected chi connectivity index (χ4v) is 3.22. The maximum atomic E-state index is 12.1. The molecule has 0 fully saturated rings. The summed E-state index contributed by atoms with van der Waals surface area (Å²) in [5, 5.41) is 16.2. The Morgan fingerprint density at radius 1 is 1.17 bits per heavy atom. The van der Waals surface area contributed by atoms with Crippen molar-refractivity contribution >= 4 is 23.2 Å². The van der Waals surface area contributed by atoms with E-state index < -0.39 is 5.97 Å². The third-order valence-corrected chi connectivity index (χ3v) is 4.54. The first-order valence-corrected chi connectivity index (χ1v) is 8.69. The SMILES string of the molecule is COC(=O)c1ccc(C(=O)NCCC(CCO)c2ccsc2)cc1. The van der Waals surface area contributed by atoms with Gasteiger partial charge in [-0.15, -0.1) is 0 Å². The number of aliphatic hydroxyl groups is 1. The molecule has 0 radical (unpaired) electrons. The summed E-state index contributed by atoms with van der Waals surface area (Å²) < 4.78 is 4.63. The van der Waals surface area contributed by atoms with Gasteiger partial charge in [0, 0.05) is 18.7 Å². The van der Waals surface area contributed by atoms with Gasteiger partial charge in [-0.2, -0.15) is 11.3 Å². The van der Waals surface area contributed by atoms with Gasteiger partial charge in [0.05, 0.1) is 12.7 Å². The minimum absolute atomic E-state index is 0.128. The molecule has 0 aliphatic rings. The molecule has 1 aromatic carbocycles. The molecule has 0 bridgehead atoms. The number of hydrogen-bond donors (Lipinski definition) is 2. The first-order valence-electron chi connectivity index (χ1n) is 7.75. The van der Waals surface area contributed by atoms with Gasteiger partial charge in [-0.05, 0) is 65.4 Å². The normalized spacial score (nSPS) is 11.8. The number of aliphatic hydroxyl groups excluding tert-OH is 1. The number of ether oxygens (including phenoxy) is 1. The number of nitrogens with one attached hydrogen (secondary N) is 1. The Labute approximate surface area is 145 Å². The van der Waals surface area contributed by atoms with Gasteiger partial charge in [0.1, 0.15) is 0 Å². The molecule has 2 rings (SSSR count). The van der Waals surface area contributed by atoms with Crippen LogP contribution in [0, 0.1) is 0 Å². The Kier molecular flexibility index (Phi) is 6.96. The van der Waals surface area contributed by atoms with Gasteiger partial charge in [0.15, 0.2) is 0 Å². The maximum Gasteiger partial charge on any atom is 0.337 e. The highest BCUT2D eigenvalue weighted by molar-refractivity contribution is 7.07. The van der Waals surface area contributed by atoms with E-state index in [1.807, 2.05) is 5.38 Å². The monoisotopic (exact) mass is 347 g/mol. The fraction of sp³-hybridized carbons (Fsp3) is 0.333. The molecule has 0 aliphatic heterocycles. The topological polar surface area (TPSA) is 75.6 Å². The third kappa shape index (κ3) is 4.91.